The van der Waals surface area contributed by atoms with Crippen LogP contribution in [0, 0.1) is 11.3 Å². The van der Waals surface area contributed by atoms with Crippen LogP contribution >= 0.6 is 0 Å². The minimum atomic E-state index is -0.279. The van der Waals surface area contributed by atoms with Crippen LogP contribution in [0.25, 0.3) is 0 Å². The molecule has 2 aliphatic rings. The minimum Gasteiger partial charge on any atom is -0.454 e. The number of nitrogens with one attached hydrogen (secondary N) is 1. The highest BCUT2D eigenvalue weighted by molar-refractivity contribution is 6.06. The van der Waals surface area contributed by atoms with E-state index in [1.54, 1.807) is 65.7 Å². The van der Waals surface area contributed by atoms with E-state index in [-0.39, 0.29) is 18.6 Å². The summed E-state index contributed by atoms with van der Waals surface area (Å²) in [6.07, 6.45) is 1.68. The lowest BCUT2D eigenvalue weighted by Gasteiger charge is -2.36. The van der Waals surface area contributed by atoms with E-state index in [4.69, 9.17) is 14.7 Å². The summed E-state index contributed by atoms with van der Waals surface area (Å²) in [7, 11) is 0. The molecule has 1 fully saturated rings. The molecule has 170 valence electrons. The van der Waals surface area contributed by atoms with Gasteiger partial charge in [0.1, 0.15) is 0 Å². The van der Waals surface area contributed by atoms with Gasteiger partial charge < -0.3 is 24.6 Å². The first-order chi connectivity index (χ1) is 16.6. The third-order valence-corrected chi connectivity index (χ3v) is 5.77. The Bertz CT molecular complexity index is 1290. The van der Waals surface area contributed by atoms with Gasteiger partial charge in [0.05, 0.1) is 17.3 Å². The van der Waals surface area contributed by atoms with E-state index in [0.29, 0.717) is 65.9 Å². The van der Waals surface area contributed by atoms with Gasteiger partial charge in [-0.3, -0.25) is 9.59 Å². The molecule has 1 saturated heterocycles. The van der Waals surface area contributed by atoms with Crippen LogP contribution in [-0.4, -0.2) is 54.7 Å². The maximum absolute atomic E-state index is 12.9. The third kappa shape index (κ3) is 4.21. The zero-order chi connectivity index (χ0) is 23.5. The van der Waals surface area contributed by atoms with Gasteiger partial charge in [-0.2, -0.15) is 5.26 Å². The second-order valence-corrected chi connectivity index (χ2v) is 7.87. The van der Waals surface area contributed by atoms with Crippen molar-refractivity contribution in [2.45, 2.75) is 0 Å². The summed E-state index contributed by atoms with van der Waals surface area (Å²) < 4.78 is 10.7. The molecule has 2 aromatic carbocycles. The standard InChI is InChI=1S/C25H21N5O4/c26-15-17-3-1-4-19(13-17)25(32)30-11-9-29(10-12-30)23-20(5-2-8-27-23)28-24(31)18-6-7-21-22(14-18)34-16-33-21/h1-8,13-14H,9-12,16H2,(H,28,31). The number of nitriles is 1. The number of hydrogen-bond acceptors (Lipinski definition) is 7. The monoisotopic (exact) mass is 455 g/mol. The van der Waals surface area contributed by atoms with Gasteiger partial charge in [-0.15, -0.1) is 0 Å². The number of nitrogens with zero attached hydrogens (tertiary/aromatic N) is 4. The molecule has 0 spiro atoms. The number of carbonyl (C=O) groups excluding carboxylic acids is 2. The molecule has 2 amide bonds. The Balaban J connectivity index is 1.26. The van der Waals surface area contributed by atoms with Gasteiger partial charge in [0.15, 0.2) is 17.3 Å². The Morgan fingerprint density at radius 2 is 1.76 bits per heavy atom. The number of rotatable bonds is 4. The maximum atomic E-state index is 12.9. The van der Waals surface area contributed by atoms with Crippen molar-refractivity contribution in [2.75, 3.05) is 43.2 Å². The van der Waals surface area contributed by atoms with Crippen molar-refractivity contribution in [3.63, 3.8) is 0 Å². The molecule has 1 N–H and O–H groups in total. The van der Waals surface area contributed by atoms with Crippen LogP contribution in [0.5, 0.6) is 11.5 Å². The number of fused-ring (bicyclic) bond motifs is 1. The first kappa shape index (κ1) is 21.3. The highest BCUT2D eigenvalue weighted by atomic mass is 16.7. The van der Waals surface area contributed by atoms with Crippen molar-refractivity contribution in [3.8, 4) is 17.6 Å². The molecule has 5 rings (SSSR count). The van der Waals surface area contributed by atoms with E-state index in [0.717, 1.165) is 0 Å². The highest BCUT2D eigenvalue weighted by Gasteiger charge is 2.25. The number of ether oxygens (including phenoxy) is 2. The lowest BCUT2D eigenvalue weighted by atomic mass is 10.1. The molecule has 3 aromatic rings. The fourth-order valence-corrected chi connectivity index (χ4v) is 4.00. The fraction of sp³-hybridized carbons (Fsp3) is 0.200. The number of pyridine rings is 1. The lowest BCUT2D eigenvalue weighted by Crippen LogP contribution is -2.49. The van der Waals surface area contributed by atoms with Gasteiger partial charge in [0.25, 0.3) is 11.8 Å². The second kappa shape index (κ2) is 9.11. The number of hydrogen-bond donors (Lipinski definition) is 1. The first-order valence-electron chi connectivity index (χ1n) is 10.8. The van der Waals surface area contributed by atoms with Crippen molar-refractivity contribution >= 4 is 23.3 Å². The van der Waals surface area contributed by atoms with Gasteiger partial charge in [-0.25, -0.2) is 4.98 Å². The molecule has 9 nitrogen and oxygen atoms in total. The maximum Gasteiger partial charge on any atom is 0.255 e. The van der Waals surface area contributed by atoms with Crippen molar-refractivity contribution in [1.82, 2.24) is 9.88 Å². The van der Waals surface area contributed by atoms with E-state index >= 15 is 0 Å². The molecule has 2 aliphatic heterocycles. The summed E-state index contributed by atoms with van der Waals surface area (Å²) in [5.74, 6) is 1.42. The predicted octanol–water partition coefficient (Wildman–Crippen LogP) is 2.90. The van der Waals surface area contributed by atoms with Crippen molar-refractivity contribution in [1.29, 1.82) is 5.26 Å². The molecule has 0 unspecified atom stereocenters. The number of aromatic nitrogens is 1. The molecule has 0 atom stereocenters. The zero-order valence-electron chi connectivity index (χ0n) is 18.2. The Labute approximate surface area is 196 Å². The van der Waals surface area contributed by atoms with E-state index < -0.39 is 0 Å². The van der Waals surface area contributed by atoms with E-state index in [2.05, 4.69) is 16.4 Å². The summed E-state index contributed by atoms with van der Waals surface area (Å²) in [6.45, 7) is 2.27. The Kier molecular flexibility index (Phi) is 5.70. The molecular formula is C25H21N5O4. The molecular weight excluding hydrogens is 434 g/mol. The molecule has 0 radical (unpaired) electrons. The average Bonchev–Trinajstić information content (AvgIpc) is 3.37. The third-order valence-electron chi connectivity index (χ3n) is 5.77. The SMILES string of the molecule is N#Cc1cccc(C(=O)N2CCN(c3ncccc3NC(=O)c3ccc4c(c3)OCO4)CC2)c1. The zero-order valence-corrected chi connectivity index (χ0v) is 18.2. The summed E-state index contributed by atoms with van der Waals surface area (Å²) in [4.78, 5) is 34.0. The van der Waals surface area contributed by atoms with Gasteiger partial charge in [-0.05, 0) is 48.5 Å². The summed E-state index contributed by atoms with van der Waals surface area (Å²) in [5, 5.41) is 12.0. The Hall–Kier alpha value is -4.58. The van der Waals surface area contributed by atoms with Crippen molar-refractivity contribution < 1.29 is 19.1 Å². The summed E-state index contributed by atoms with van der Waals surface area (Å²) in [5.41, 5.74) is 2.00. The largest absolute Gasteiger partial charge is 0.454 e. The van der Waals surface area contributed by atoms with E-state index in [1.807, 2.05) is 4.90 Å². The molecule has 0 bridgehead atoms. The van der Waals surface area contributed by atoms with Crippen LogP contribution in [-0.2, 0) is 0 Å². The molecule has 1 aromatic heterocycles. The number of carbonyl (C=O) groups is 2. The lowest BCUT2D eigenvalue weighted by molar-refractivity contribution is 0.0746. The van der Waals surface area contributed by atoms with Crippen molar-refractivity contribution in [2.24, 2.45) is 0 Å². The highest BCUT2D eigenvalue weighted by Crippen LogP contribution is 2.33. The summed E-state index contributed by atoms with van der Waals surface area (Å²) >= 11 is 0. The van der Waals surface area contributed by atoms with Crippen LogP contribution in [0.1, 0.15) is 26.3 Å². The van der Waals surface area contributed by atoms with Crippen molar-refractivity contribution in [3.05, 3.63) is 77.5 Å². The summed E-state index contributed by atoms with van der Waals surface area (Å²) in [6, 6.07) is 17.4. The fourth-order valence-electron chi connectivity index (χ4n) is 4.00. The molecule has 0 aliphatic carbocycles. The van der Waals surface area contributed by atoms with Gasteiger partial charge in [0.2, 0.25) is 6.79 Å². The quantitative estimate of drug-likeness (QED) is 0.644. The van der Waals surface area contributed by atoms with Crippen LogP contribution in [0.15, 0.2) is 60.8 Å². The number of amides is 2. The molecule has 34 heavy (non-hydrogen) atoms. The number of piperazine rings is 1. The second-order valence-electron chi connectivity index (χ2n) is 7.87. The Morgan fingerprint density at radius 3 is 2.59 bits per heavy atom. The van der Waals surface area contributed by atoms with Crippen LogP contribution in [0.4, 0.5) is 11.5 Å². The van der Waals surface area contributed by atoms with Gasteiger partial charge in [-0.1, -0.05) is 6.07 Å². The van der Waals surface area contributed by atoms with Crippen LogP contribution < -0.4 is 19.7 Å². The minimum absolute atomic E-state index is 0.103. The number of benzene rings is 2. The molecule has 3 heterocycles. The van der Waals surface area contributed by atoms with E-state index in [9.17, 15) is 9.59 Å². The Morgan fingerprint density at radius 1 is 0.941 bits per heavy atom. The topological polar surface area (TPSA) is 108 Å². The van der Waals surface area contributed by atoms with Crippen LogP contribution in [0.3, 0.4) is 0 Å². The van der Waals surface area contributed by atoms with Gasteiger partial charge in [0, 0.05) is 43.5 Å². The molecule has 9 heteroatoms. The predicted molar refractivity (Wildman–Crippen MR) is 124 cm³/mol. The van der Waals surface area contributed by atoms with Gasteiger partial charge >= 0.3 is 0 Å². The normalized spacial score (nSPS) is 14.4. The van der Waals surface area contributed by atoms with E-state index in [1.165, 1.54) is 0 Å². The average molecular weight is 455 g/mol. The van der Waals surface area contributed by atoms with Crippen LogP contribution in [0.2, 0.25) is 0 Å². The smallest absolute Gasteiger partial charge is 0.255 e. The first-order valence-corrected chi connectivity index (χ1v) is 10.8. The molecule has 0 saturated carbocycles. The number of anilines is 2.